The maximum absolute atomic E-state index is 14.2. The molecule has 4 aromatic rings. The van der Waals surface area contributed by atoms with Gasteiger partial charge in [-0.15, -0.1) is 6.58 Å². The van der Waals surface area contributed by atoms with Crippen LogP contribution >= 0.6 is 27.0 Å². The van der Waals surface area contributed by atoms with E-state index in [9.17, 15) is 19.5 Å². The van der Waals surface area contributed by atoms with Gasteiger partial charge in [-0.3, -0.25) is 19.6 Å². The maximum atomic E-state index is 14.2. The normalized spacial score (nSPS) is 19.4. The number of phenolic OH excluding ortho intramolecular Hbond substituents is 1. The number of phenols is 1. The topological polar surface area (TPSA) is 122 Å². The molecular weight excluding hydrogens is 609 g/mol. The average Bonchev–Trinajstić information content (AvgIpc) is 3.50. The standard InChI is InChI=1S/C33H34N6O4.2H2S/c1-2-7-26-17-30(41)39-28(16-22-12-14-27(40)15-13-22)32(42)37(20-25-11-6-10-24-19-35-36-31(24)25)21-29(39)38(26)33(43)34-18-23-8-4-3-5-9-23;;/h2-6,8-15,19,26,28-29,40H,1,7,16-18,20-21H2,(H,34,43)(H,35,36);2*1H2/t26-,28+,29-;;/m1../s1. The highest BCUT2D eigenvalue weighted by molar-refractivity contribution is 7.59. The molecule has 2 aliphatic heterocycles. The van der Waals surface area contributed by atoms with Crippen molar-refractivity contribution in [2.24, 2.45) is 0 Å². The summed E-state index contributed by atoms with van der Waals surface area (Å²) in [5.74, 6) is -0.245. The predicted octanol–water partition coefficient (Wildman–Crippen LogP) is 4.16. The van der Waals surface area contributed by atoms with E-state index in [0.717, 1.165) is 27.6 Å². The Hall–Kier alpha value is -4.42. The molecule has 3 N–H and O–H groups in total. The van der Waals surface area contributed by atoms with E-state index in [4.69, 9.17) is 0 Å². The van der Waals surface area contributed by atoms with E-state index >= 15 is 0 Å². The zero-order chi connectivity index (χ0) is 29.9. The third-order valence-electron chi connectivity index (χ3n) is 8.30. The Balaban J connectivity index is 0.00000230. The van der Waals surface area contributed by atoms with Crippen LogP contribution in [-0.4, -0.2) is 72.6 Å². The van der Waals surface area contributed by atoms with Gasteiger partial charge < -0.3 is 20.2 Å². The molecule has 0 saturated carbocycles. The molecule has 12 heteroatoms. The largest absolute Gasteiger partial charge is 0.508 e. The number of hydrogen-bond donors (Lipinski definition) is 3. The number of amides is 4. The van der Waals surface area contributed by atoms with Crippen molar-refractivity contribution in [2.45, 2.75) is 50.6 Å². The van der Waals surface area contributed by atoms with Gasteiger partial charge in [-0.05, 0) is 35.2 Å². The van der Waals surface area contributed by atoms with Gasteiger partial charge >= 0.3 is 6.03 Å². The molecule has 3 heterocycles. The molecule has 3 atom stereocenters. The molecule has 0 aliphatic carbocycles. The molecule has 0 spiro atoms. The van der Waals surface area contributed by atoms with Crippen LogP contribution in [0.1, 0.15) is 29.5 Å². The highest BCUT2D eigenvalue weighted by atomic mass is 32.1. The van der Waals surface area contributed by atoms with Crippen LogP contribution in [0.4, 0.5) is 4.79 Å². The van der Waals surface area contributed by atoms with Crippen molar-refractivity contribution in [2.75, 3.05) is 6.54 Å². The second-order valence-corrected chi connectivity index (χ2v) is 11.1. The Morgan fingerprint density at radius 2 is 1.78 bits per heavy atom. The summed E-state index contributed by atoms with van der Waals surface area (Å²) in [5, 5.41) is 21.0. The fourth-order valence-electron chi connectivity index (χ4n) is 6.23. The van der Waals surface area contributed by atoms with Gasteiger partial charge in [0.1, 0.15) is 18.0 Å². The molecule has 3 aromatic carbocycles. The number of nitrogens with zero attached hydrogens (tertiary/aromatic N) is 4. The van der Waals surface area contributed by atoms with Crippen LogP contribution in [0.5, 0.6) is 5.75 Å². The van der Waals surface area contributed by atoms with Crippen molar-refractivity contribution in [3.63, 3.8) is 0 Å². The number of aromatic amines is 1. The lowest BCUT2D eigenvalue weighted by Crippen LogP contribution is -2.74. The van der Waals surface area contributed by atoms with E-state index in [1.165, 1.54) is 0 Å². The van der Waals surface area contributed by atoms with Crippen molar-refractivity contribution >= 4 is 55.7 Å². The van der Waals surface area contributed by atoms with Crippen molar-refractivity contribution in [1.29, 1.82) is 0 Å². The molecule has 2 saturated heterocycles. The summed E-state index contributed by atoms with van der Waals surface area (Å²) in [7, 11) is 0. The van der Waals surface area contributed by atoms with Gasteiger partial charge in [-0.25, -0.2) is 4.79 Å². The van der Waals surface area contributed by atoms with E-state index in [0.29, 0.717) is 13.0 Å². The second kappa shape index (κ2) is 14.6. The molecule has 45 heavy (non-hydrogen) atoms. The molecule has 1 aromatic heterocycles. The first-order chi connectivity index (χ1) is 20.9. The number of aromatic hydroxyl groups is 1. The number of urea groups is 1. The maximum Gasteiger partial charge on any atom is 0.319 e. The second-order valence-electron chi connectivity index (χ2n) is 11.1. The van der Waals surface area contributed by atoms with E-state index in [1.54, 1.807) is 51.2 Å². The zero-order valence-electron chi connectivity index (χ0n) is 24.7. The molecule has 10 nitrogen and oxygen atoms in total. The van der Waals surface area contributed by atoms with E-state index in [1.807, 2.05) is 48.5 Å². The number of rotatable bonds is 8. The molecule has 6 rings (SSSR count). The molecule has 4 amide bonds. The Labute approximate surface area is 276 Å². The van der Waals surface area contributed by atoms with Crippen molar-refractivity contribution < 1.29 is 19.5 Å². The zero-order valence-corrected chi connectivity index (χ0v) is 26.7. The minimum atomic E-state index is -0.828. The van der Waals surface area contributed by atoms with E-state index in [-0.39, 0.29) is 76.5 Å². The lowest BCUT2D eigenvalue weighted by Gasteiger charge is -2.54. The van der Waals surface area contributed by atoms with Gasteiger partial charge in [0.25, 0.3) is 0 Å². The minimum Gasteiger partial charge on any atom is -0.508 e. The smallest absolute Gasteiger partial charge is 0.319 e. The van der Waals surface area contributed by atoms with E-state index < -0.39 is 18.2 Å². The molecule has 2 aliphatic rings. The van der Waals surface area contributed by atoms with Crippen LogP contribution in [0.25, 0.3) is 10.9 Å². The van der Waals surface area contributed by atoms with Crippen molar-refractivity contribution in [3.8, 4) is 5.75 Å². The molecule has 0 unspecified atom stereocenters. The summed E-state index contributed by atoms with van der Waals surface area (Å²) < 4.78 is 0. The summed E-state index contributed by atoms with van der Waals surface area (Å²) in [4.78, 5) is 46.9. The number of H-pyrrole nitrogens is 1. The molecule has 236 valence electrons. The van der Waals surface area contributed by atoms with Gasteiger partial charge in [0.15, 0.2) is 0 Å². The van der Waals surface area contributed by atoms with Gasteiger partial charge in [0, 0.05) is 37.4 Å². The summed E-state index contributed by atoms with van der Waals surface area (Å²) in [5.41, 5.74) is 3.49. The van der Waals surface area contributed by atoms with Crippen LogP contribution in [0.2, 0.25) is 0 Å². The number of nitrogens with one attached hydrogen (secondary N) is 2. The third-order valence-corrected chi connectivity index (χ3v) is 8.30. The fraction of sp³-hybridized carbons (Fsp3) is 0.273. The number of para-hydroxylation sites is 1. The number of carbonyl (C=O) groups excluding carboxylic acids is 3. The molecule has 0 radical (unpaired) electrons. The number of fused-ring (bicyclic) bond motifs is 2. The van der Waals surface area contributed by atoms with Crippen LogP contribution in [0, 0.1) is 0 Å². The molecule has 2 fully saturated rings. The van der Waals surface area contributed by atoms with Crippen molar-refractivity contribution in [1.82, 2.24) is 30.2 Å². The summed E-state index contributed by atoms with van der Waals surface area (Å²) in [6.07, 6.45) is 3.57. The lowest BCUT2D eigenvalue weighted by atomic mass is 9.93. The quantitative estimate of drug-likeness (QED) is 0.248. The van der Waals surface area contributed by atoms with E-state index in [2.05, 4.69) is 22.1 Å². The lowest BCUT2D eigenvalue weighted by molar-refractivity contribution is -0.170. The highest BCUT2D eigenvalue weighted by Crippen LogP contribution is 2.33. The van der Waals surface area contributed by atoms with Crippen molar-refractivity contribution in [3.05, 3.63) is 108 Å². The molecule has 0 bridgehead atoms. The fourth-order valence-corrected chi connectivity index (χ4v) is 6.23. The monoisotopic (exact) mass is 646 g/mol. The summed E-state index contributed by atoms with van der Waals surface area (Å²) in [6.45, 7) is 4.66. The van der Waals surface area contributed by atoms with Crippen LogP contribution in [-0.2, 0) is 29.1 Å². The third kappa shape index (κ3) is 6.97. The Morgan fingerprint density at radius 1 is 1.02 bits per heavy atom. The number of piperazine rings is 1. The van der Waals surface area contributed by atoms with Crippen LogP contribution < -0.4 is 5.32 Å². The van der Waals surface area contributed by atoms with Gasteiger partial charge in [0.2, 0.25) is 11.8 Å². The minimum absolute atomic E-state index is 0. The van der Waals surface area contributed by atoms with Gasteiger partial charge in [0.05, 0.1) is 18.3 Å². The highest BCUT2D eigenvalue weighted by Gasteiger charge is 2.51. The summed E-state index contributed by atoms with van der Waals surface area (Å²) in [6, 6.07) is 20.6. The SMILES string of the molecule is C=CC[C@@H]1CC(=O)N2[C@H](CN(Cc3cccc4cn[nH]c34)C(=O)[C@@H]2Cc2ccc(O)cc2)N1C(=O)NCc1ccccc1.S.S. The number of aromatic nitrogens is 2. The Morgan fingerprint density at radius 3 is 2.51 bits per heavy atom. The number of carbonyl (C=O) groups is 3. The first-order valence-electron chi connectivity index (χ1n) is 14.4. The van der Waals surface area contributed by atoms with Gasteiger partial charge in [-0.1, -0.05) is 66.7 Å². The number of hydrogen-bond acceptors (Lipinski definition) is 5. The molecular formula is C33H38N6O4S2. The van der Waals surface area contributed by atoms with Crippen LogP contribution in [0.3, 0.4) is 0 Å². The Kier molecular flexibility index (Phi) is 10.8. The first kappa shape index (κ1) is 33.5. The first-order valence-corrected chi connectivity index (χ1v) is 14.4. The number of benzene rings is 3. The predicted molar refractivity (Wildman–Crippen MR) is 182 cm³/mol. The van der Waals surface area contributed by atoms with Gasteiger partial charge in [-0.2, -0.15) is 32.1 Å². The Bertz CT molecular complexity index is 1650. The van der Waals surface area contributed by atoms with Crippen LogP contribution in [0.15, 0.2) is 91.6 Å². The summed E-state index contributed by atoms with van der Waals surface area (Å²) >= 11 is 0. The average molecular weight is 647 g/mol.